The number of unbranched alkanes of at least 4 members (excludes halogenated alkanes) is 4. The zero-order valence-corrected chi connectivity index (χ0v) is 12.3. The molecule has 106 valence electrons. The first-order chi connectivity index (χ1) is 9.27. The third-order valence-corrected chi connectivity index (χ3v) is 3.02. The summed E-state index contributed by atoms with van der Waals surface area (Å²) in [5.74, 6) is 0.921. The van der Waals surface area contributed by atoms with Gasteiger partial charge in [0.05, 0.1) is 12.3 Å². The van der Waals surface area contributed by atoms with Gasteiger partial charge in [0, 0.05) is 0 Å². The van der Waals surface area contributed by atoms with Crippen LogP contribution in [0.2, 0.25) is 0 Å². The smallest absolute Gasteiger partial charge is 0.119 e. The van der Waals surface area contributed by atoms with Gasteiger partial charge in [-0.1, -0.05) is 37.8 Å². The number of nitrogens with zero attached hydrogens (tertiary/aromatic N) is 1. The van der Waals surface area contributed by atoms with Crippen LogP contribution in [0.15, 0.2) is 29.4 Å². The molecule has 3 nitrogen and oxygen atoms in total. The Balaban J connectivity index is 2.30. The van der Waals surface area contributed by atoms with E-state index in [4.69, 9.17) is 9.57 Å². The lowest BCUT2D eigenvalue weighted by molar-refractivity contribution is 0.213. The van der Waals surface area contributed by atoms with Crippen molar-refractivity contribution >= 4 is 5.71 Å². The predicted molar refractivity (Wildman–Crippen MR) is 79.9 cm³/mol. The second kappa shape index (κ2) is 9.42. The van der Waals surface area contributed by atoms with E-state index < -0.39 is 0 Å². The average molecular weight is 263 g/mol. The first-order valence-corrected chi connectivity index (χ1v) is 7.09. The molecule has 1 rings (SSSR count). The highest BCUT2D eigenvalue weighted by atomic mass is 16.6. The van der Waals surface area contributed by atoms with Gasteiger partial charge < -0.3 is 9.57 Å². The number of oxime groups is 1. The van der Waals surface area contributed by atoms with E-state index in [1.807, 2.05) is 31.2 Å². The highest BCUT2D eigenvalue weighted by Gasteiger charge is 1.99. The van der Waals surface area contributed by atoms with Crippen molar-refractivity contribution in [2.45, 2.75) is 46.0 Å². The van der Waals surface area contributed by atoms with Gasteiger partial charge >= 0.3 is 0 Å². The Labute approximate surface area is 116 Å². The van der Waals surface area contributed by atoms with E-state index in [2.05, 4.69) is 12.1 Å². The van der Waals surface area contributed by atoms with E-state index >= 15 is 0 Å². The van der Waals surface area contributed by atoms with E-state index in [1.165, 1.54) is 25.7 Å². The van der Waals surface area contributed by atoms with Crippen molar-refractivity contribution in [2.75, 3.05) is 13.7 Å². The Bertz CT molecular complexity index is 371. The van der Waals surface area contributed by atoms with Gasteiger partial charge in [0.2, 0.25) is 0 Å². The molecule has 19 heavy (non-hydrogen) atoms. The maximum Gasteiger partial charge on any atom is 0.119 e. The van der Waals surface area contributed by atoms with Gasteiger partial charge in [-0.15, -0.1) is 0 Å². The Morgan fingerprint density at radius 3 is 2.37 bits per heavy atom. The van der Waals surface area contributed by atoms with E-state index in [-0.39, 0.29) is 0 Å². The fourth-order valence-electron chi connectivity index (χ4n) is 1.88. The van der Waals surface area contributed by atoms with Gasteiger partial charge in [0.25, 0.3) is 0 Å². The van der Waals surface area contributed by atoms with Crippen LogP contribution in [0.1, 0.15) is 51.5 Å². The lowest BCUT2D eigenvalue weighted by atomic mass is 10.1. The first-order valence-electron chi connectivity index (χ1n) is 7.09. The average Bonchev–Trinajstić information content (AvgIpc) is 2.43. The molecule has 0 amide bonds. The van der Waals surface area contributed by atoms with Crippen molar-refractivity contribution in [3.63, 3.8) is 0 Å². The summed E-state index contributed by atoms with van der Waals surface area (Å²) in [5.41, 5.74) is 1.92. The molecule has 0 aromatic heterocycles. The molecule has 0 aliphatic heterocycles. The molecule has 0 atom stereocenters. The van der Waals surface area contributed by atoms with Crippen LogP contribution in [0.3, 0.4) is 0 Å². The molecule has 3 heteroatoms. The Morgan fingerprint density at radius 1 is 1.05 bits per heavy atom. The summed E-state index contributed by atoms with van der Waals surface area (Å²) < 4.78 is 5.71. The topological polar surface area (TPSA) is 30.8 Å². The van der Waals surface area contributed by atoms with E-state index in [1.54, 1.807) is 7.11 Å². The molecule has 0 aliphatic rings. The molecule has 1 aromatic rings. The summed E-state index contributed by atoms with van der Waals surface area (Å²) in [6.07, 6.45) is 6.31. The van der Waals surface area contributed by atoms with Crippen molar-refractivity contribution in [3.8, 4) is 5.75 Å². The van der Waals surface area contributed by atoms with Crippen LogP contribution in [0.25, 0.3) is 0 Å². The number of hydrogen-bond acceptors (Lipinski definition) is 3. The highest BCUT2D eigenvalue weighted by Crippen LogP contribution is 2.14. The quantitative estimate of drug-likeness (QED) is 0.375. The minimum absolute atomic E-state index is 0.800. The highest BCUT2D eigenvalue weighted by molar-refractivity contribution is 5.98. The Kier molecular flexibility index (Phi) is 7.71. The lowest BCUT2D eigenvalue weighted by Gasteiger charge is -2.07. The monoisotopic (exact) mass is 263 g/mol. The van der Waals surface area contributed by atoms with Gasteiger partial charge in [-0.2, -0.15) is 0 Å². The van der Waals surface area contributed by atoms with E-state index in [0.717, 1.165) is 30.1 Å². The van der Waals surface area contributed by atoms with Crippen molar-refractivity contribution < 1.29 is 9.57 Å². The minimum Gasteiger partial charge on any atom is -0.494 e. The fourth-order valence-corrected chi connectivity index (χ4v) is 1.88. The number of hydrogen-bond donors (Lipinski definition) is 0. The van der Waals surface area contributed by atoms with Crippen molar-refractivity contribution in [1.29, 1.82) is 0 Å². The Morgan fingerprint density at radius 2 is 1.74 bits per heavy atom. The molecule has 0 fully saturated rings. The third-order valence-electron chi connectivity index (χ3n) is 3.02. The molecular formula is C16H25NO2. The second-order valence-corrected chi connectivity index (χ2v) is 4.65. The molecule has 0 N–H and O–H groups in total. The van der Waals surface area contributed by atoms with Crippen molar-refractivity contribution in [3.05, 3.63) is 29.8 Å². The molecule has 0 heterocycles. The summed E-state index contributed by atoms with van der Waals surface area (Å²) in [7, 11) is 1.56. The van der Waals surface area contributed by atoms with Crippen LogP contribution in [-0.4, -0.2) is 19.4 Å². The molecule has 0 aliphatic carbocycles. The normalized spacial score (nSPS) is 11.4. The van der Waals surface area contributed by atoms with Gasteiger partial charge in [0.15, 0.2) is 0 Å². The van der Waals surface area contributed by atoms with Gasteiger partial charge in [0.1, 0.15) is 12.9 Å². The zero-order valence-electron chi connectivity index (χ0n) is 12.3. The largest absolute Gasteiger partial charge is 0.494 e. The van der Waals surface area contributed by atoms with Crippen LogP contribution in [-0.2, 0) is 4.84 Å². The number of rotatable bonds is 9. The first kappa shape index (κ1) is 15.5. The van der Waals surface area contributed by atoms with Crippen LogP contribution < -0.4 is 4.74 Å². The van der Waals surface area contributed by atoms with E-state index in [0.29, 0.717) is 0 Å². The van der Waals surface area contributed by atoms with Crippen LogP contribution in [0.4, 0.5) is 0 Å². The SMILES string of the molecule is CCCCCCCOc1ccc(/C(C)=N\OC)cc1. The predicted octanol–water partition coefficient (Wildman–Crippen LogP) is 4.41. The van der Waals surface area contributed by atoms with Crippen molar-refractivity contribution in [2.24, 2.45) is 5.16 Å². The van der Waals surface area contributed by atoms with Gasteiger partial charge in [-0.25, -0.2) is 0 Å². The number of benzene rings is 1. The summed E-state index contributed by atoms with van der Waals surface area (Å²) in [6, 6.07) is 7.97. The maximum absolute atomic E-state index is 5.71. The molecular weight excluding hydrogens is 238 g/mol. The van der Waals surface area contributed by atoms with Crippen LogP contribution in [0, 0.1) is 0 Å². The zero-order chi connectivity index (χ0) is 13.9. The summed E-state index contributed by atoms with van der Waals surface area (Å²) in [6.45, 7) is 4.95. The molecule has 0 radical (unpaired) electrons. The van der Waals surface area contributed by atoms with Gasteiger partial charge in [-0.05, 0) is 43.2 Å². The maximum atomic E-state index is 5.71. The number of ether oxygens (including phenoxy) is 1. The second-order valence-electron chi connectivity index (χ2n) is 4.65. The molecule has 1 aromatic carbocycles. The van der Waals surface area contributed by atoms with Crippen LogP contribution in [0.5, 0.6) is 5.75 Å². The van der Waals surface area contributed by atoms with E-state index in [9.17, 15) is 0 Å². The molecule has 0 spiro atoms. The standard InChI is InChI=1S/C16H25NO2/c1-4-5-6-7-8-13-19-16-11-9-15(10-12-16)14(2)17-18-3/h9-12H,4-8,13H2,1-3H3/b17-14-. The molecule has 0 bridgehead atoms. The third kappa shape index (κ3) is 6.27. The molecule has 0 unspecified atom stereocenters. The van der Waals surface area contributed by atoms with Gasteiger partial charge in [-0.3, -0.25) is 0 Å². The summed E-state index contributed by atoms with van der Waals surface area (Å²) in [5, 5.41) is 3.90. The summed E-state index contributed by atoms with van der Waals surface area (Å²) >= 11 is 0. The minimum atomic E-state index is 0.800. The molecule has 0 saturated heterocycles. The summed E-state index contributed by atoms with van der Waals surface area (Å²) in [4.78, 5) is 4.76. The molecule has 0 saturated carbocycles. The van der Waals surface area contributed by atoms with Crippen LogP contribution >= 0.6 is 0 Å². The van der Waals surface area contributed by atoms with Crippen molar-refractivity contribution in [1.82, 2.24) is 0 Å². The lowest BCUT2D eigenvalue weighted by Crippen LogP contribution is -1.99. The fraction of sp³-hybridized carbons (Fsp3) is 0.562. The Hall–Kier alpha value is -1.51.